The number of sulfonamides is 1. The molecule has 4 aromatic rings. The molecular weight excluding hydrogens is 541 g/mol. The zero-order chi connectivity index (χ0) is 29.2. The second-order valence-electron chi connectivity index (χ2n) is 9.41. The van der Waals surface area contributed by atoms with Crippen LogP contribution in [0.5, 0.6) is 0 Å². The number of nitrogens with one attached hydrogen (secondary N) is 1. The Morgan fingerprint density at radius 3 is 1.88 bits per heavy atom. The van der Waals surface area contributed by atoms with Crippen LogP contribution in [0.15, 0.2) is 120 Å². The molecule has 0 aromatic heterocycles. The number of rotatable bonds is 12. The third kappa shape index (κ3) is 7.58. The van der Waals surface area contributed by atoms with Crippen LogP contribution in [0.1, 0.15) is 18.1 Å². The quantitative estimate of drug-likeness (QED) is 0.264. The van der Waals surface area contributed by atoms with Crippen LogP contribution in [-0.4, -0.2) is 44.3 Å². The Hall–Kier alpha value is -4.50. The second kappa shape index (κ2) is 13.7. The van der Waals surface area contributed by atoms with Crippen LogP contribution in [0, 0.1) is 5.82 Å². The third-order valence-corrected chi connectivity index (χ3v) is 8.33. The van der Waals surface area contributed by atoms with Gasteiger partial charge in [-0.3, -0.25) is 13.9 Å². The van der Waals surface area contributed by atoms with Crippen LogP contribution in [-0.2, 0) is 32.6 Å². The minimum atomic E-state index is -4.27. The van der Waals surface area contributed by atoms with E-state index < -0.39 is 34.3 Å². The molecule has 0 radical (unpaired) electrons. The summed E-state index contributed by atoms with van der Waals surface area (Å²) in [7, 11) is -4.27. The minimum absolute atomic E-state index is 0.0908. The highest BCUT2D eigenvalue weighted by Gasteiger charge is 2.34. The van der Waals surface area contributed by atoms with Gasteiger partial charge in [0.25, 0.3) is 10.0 Å². The van der Waals surface area contributed by atoms with Crippen molar-refractivity contribution in [1.82, 2.24) is 10.2 Å². The number of para-hydroxylation sites is 1. The number of carbonyl (C=O) groups excluding carboxylic acids is 2. The lowest BCUT2D eigenvalue weighted by molar-refractivity contribution is -0.140. The molecule has 0 bridgehead atoms. The van der Waals surface area contributed by atoms with Gasteiger partial charge in [-0.05, 0) is 54.4 Å². The van der Waals surface area contributed by atoms with E-state index >= 15 is 0 Å². The Labute approximate surface area is 240 Å². The van der Waals surface area contributed by atoms with Crippen LogP contribution < -0.4 is 9.62 Å². The summed E-state index contributed by atoms with van der Waals surface area (Å²) in [6, 6.07) is 30.4. The molecule has 0 aliphatic carbocycles. The monoisotopic (exact) mass is 573 g/mol. The molecule has 4 aromatic carbocycles. The van der Waals surface area contributed by atoms with Crippen molar-refractivity contribution in [2.24, 2.45) is 0 Å². The molecule has 212 valence electrons. The van der Waals surface area contributed by atoms with Crippen LogP contribution >= 0.6 is 0 Å². The van der Waals surface area contributed by atoms with Gasteiger partial charge >= 0.3 is 0 Å². The Morgan fingerprint density at radius 1 is 0.780 bits per heavy atom. The molecule has 9 heteroatoms. The van der Waals surface area contributed by atoms with Crippen molar-refractivity contribution in [1.29, 1.82) is 0 Å². The van der Waals surface area contributed by atoms with Crippen molar-refractivity contribution in [2.75, 3.05) is 17.4 Å². The maximum absolute atomic E-state index is 14.2. The molecule has 0 aliphatic heterocycles. The average molecular weight is 574 g/mol. The lowest BCUT2D eigenvalue weighted by atomic mass is 10.0. The SMILES string of the molecule is CCNC(=O)[C@@H](Cc1ccccc1)N(Cc1ccccc1)C(=O)CN(c1ccccc1)S(=O)(=O)c1ccc(F)cc1. The van der Waals surface area contributed by atoms with E-state index in [0.29, 0.717) is 6.54 Å². The standard InChI is InChI=1S/C32H32FN3O4S/c1-2-34-32(38)30(22-25-12-6-3-7-13-25)35(23-26-14-8-4-9-15-26)31(37)24-36(28-16-10-5-11-17-28)41(39,40)29-20-18-27(33)19-21-29/h3-21,30H,2,22-24H2,1H3,(H,34,38)/t30-/m1/s1. The van der Waals surface area contributed by atoms with Gasteiger partial charge in [0.2, 0.25) is 11.8 Å². The number of carbonyl (C=O) groups is 2. The second-order valence-corrected chi connectivity index (χ2v) is 11.3. The first kappa shape index (κ1) is 29.5. The summed E-state index contributed by atoms with van der Waals surface area (Å²) in [6.07, 6.45) is 0.237. The van der Waals surface area contributed by atoms with Crippen molar-refractivity contribution in [3.8, 4) is 0 Å². The number of hydrogen-bond donors (Lipinski definition) is 1. The zero-order valence-corrected chi connectivity index (χ0v) is 23.5. The largest absolute Gasteiger partial charge is 0.355 e. The number of anilines is 1. The van der Waals surface area contributed by atoms with E-state index in [-0.39, 0.29) is 29.5 Å². The van der Waals surface area contributed by atoms with Crippen LogP contribution in [0.3, 0.4) is 0 Å². The van der Waals surface area contributed by atoms with E-state index in [0.717, 1.165) is 27.6 Å². The number of amides is 2. The lowest BCUT2D eigenvalue weighted by Gasteiger charge is -2.33. The molecule has 0 aliphatic rings. The molecule has 1 N–H and O–H groups in total. The van der Waals surface area contributed by atoms with Gasteiger partial charge in [0.1, 0.15) is 18.4 Å². The number of hydrogen-bond acceptors (Lipinski definition) is 4. The van der Waals surface area contributed by atoms with Crippen LogP contribution in [0.4, 0.5) is 10.1 Å². The summed E-state index contributed by atoms with van der Waals surface area (Å²) in [5, 5.41) is 2.83. The van der Waals surface area contributed by atoms with Crippen molar-refractivity contribution >= 4 is 27.5 Å². The maximum Gasteiger partial charge on any atom is 0.264 e. The van der Waals surface area contributed by atoms with Gasteiger partial charge in [-0.25, -0.2) is 12.8 Å². The van der Waals surface area contributed by atoms with E-state index in [4.69, 9.17) is 0 Å². The highest BCUT2D eigenvalue weighted by atomic mass is 32.2. The Kier molecular flexibility index (Phi) is 9.86. The summed E-state index contributed by atoms with van der Waals surface area (Å²) in [5.41, 5.74) is 1.91. The Balaban J connectivity index is 1.76. The van der Waals surface area contributed by atoms with Crippen molar-refractivity contribution < 1.29 is 22.4 Å². The van der Waals surface area contributed by atoms with Gasteiger partial charge in [-0.15, -0.1) is 0 Å². The Morgan fingerprint density at radius 2 is 1.32 bits per heavy atom. The van der Waals surface area contributed by atoms with Crippen molar-refractivity contribution in [3.05, 3.63) is 132 Å². The van der Waals surface area contributed by atoms with E-state index in [1.807, 2.05) is 60.7 Å². The molecule has 1 atom stereocenters. The predicted molar refractivity (Wildman–Crippen MR) is 157 cm³/mol. The van der Waals surface area contributed by atoms with E-state index in [1.54, 1.807) is 37.3 Å². The molecule has 41 heavy (non-hydrogen) atoms. The van der Waals surface area contributed by atoms with Crippen molar-refractivity contribution in [3.63, 3.8) is 0 Å². The Bertz CT molecular complexity index is 1530. The molecule has 0 heterocycles. The van der Waals surface area contributed by atoms with E-state index in [2.05, 4.69) is 5.32 Å². The number of nitrogens with zero attached hydrogens (tertiary/aromatic N) is 2. The highest BCUT2D eigenvalue weighted by molar-refractivity contribution is 7.92. The van der Waals surface area contributed by atoms with Crippen molar-refractivity contribution in [2.45, 2.75) is 30.8 Å². The topological polar surface area (TPSA) is 86.8 Å². The van der Waals surface area contributed by atoms with Gasteiger partial charge in [0, 0.05) is 19.5 Å². The van der Waals surface area contributed by atoms with Crippen LogP contribution in [0.25, 0.3) is 0 Å². The lowest BCUT2D eigenvalue weighted by Crippen LogP contribution is -2.53. The van der Waals surface area contributed by atoms with Gasteiger partial charge in [-0.1, -0.05) is 78.9 Å². The molecule has 4 rings (SSSR count). The normalized spacial score (nSPS) is 11.9. The fraction of sp³-hybridized carbons (Fsp3) is 0.188. The first-order valence-corrected chi connectivity index (χ1v) is 14.7. The molecule has 0 saturated heterocycles. The van der Waals surface area contributed by atoms with Gasteiger partial charge in [0.15, 0.2) is 0 Å². The van der Waals surface area contributed by atoms with Gasteiger partial charge in [-0.2, -0.15) is 0 Å². The summed E-state index contributed by atoms with van der Waals surface area (Å²) in [6.45, 7) is 1.69. The molecular formula is C32H32FN3O4S. The maximum atomic E-state index is 14.2. The third-order valence-electron chi connectivity index (χ3n) is 6.54. The highest BCUT2D eigenvalue weighted by Crippen LogP contribution is 2.25. The molecule has 0 spiro atoms. The van der Waals surface area contributed by atoms with Gasteiger partial charge in [0.05, 0.1) is 10.6 Å². The van der Waals surface area contributed by atoms with E-state index in [9.17, 15) is 22.4 Å². The smallest absolute Gasteiger partial charge is 0.264 e. The number of halogens is 1. The summed E-state index contributed by atoms with van der Waals surface area (Å²) in [5.74, 6) is -1.48. The molecule has 0 saturated carbocycles. The summed E-state index contributed by atoms with van der Waals surface area (Å²) >= 11 is 0. The molecule has 7 nitrogen and oxygen atoms in total. The fourth-order valence-corrected chi connectivity index (χ4v) is 5.90. The first-order chi connectivity index (χ1) is 19.8. The minimum Gasteiger partial charge on any atom is -0.355 e. The number of benzene rings is 4. The zero-order valence-electron chi connectivity index (χ0n) is 22.7. The fourth-order valence-electron chi connectivity index (χ4n) is 4.48. The average Bonchev–Trinajstić information content (AvgIpc) is 2.99. The first-order valence-electron chi connectivity index (χ1n) is 13.3. The predicted octanol–water partition coefficient (Wildman–Crippen LogP) is 4.80. The molecule has 2 amide bonds. The summed E-state index contributed by atoms with van der Waals surface area (Å²) < 4.78 is 42.2. The van der Waals surface area contributed by atoms with Crippen LogP contribution in [0.2, 0.25) is 0 Å². The molecule has 0 unspecified atom stereocenters. The summed E-state index contributed by atoms with van der Waals surface area (Å²) in [4.78, 5) is 28.9. The van der Waals surface area contributed by atoms with Gasteiger partial charge < -0.3 is 10.2 Å². The van der Waals surface area contributed by atoms with E-state index in [1.165, 1.54) is 17.0 Å². The number of likely N-dealkylation sites (N-methyl/N-ethyl adjacent to an activating group) is 1. The molecule has 0 fully saturated rings.